The van der Waals surface area contributed by atoms with Gasteiger partial charge < -0.3 is 9.84 Å². The van der Waals surface area contributed by atoms with Crippen LogP contribution in [0.5, 0.6) is 0 Å². The zero-order valence-electron chi connectivity index (χ0n) is 12.3. The van der Waals surface area contributed by atoms with Crippen molar-refractivity contribution < 1.29 is 9.84 Å². The third-order valence-corrected chi connectivity index (χ3v) is 9.99. The lowest BCUT2D eigenvalue weighted by molar-refractivity contribution is -0.120. The minimum atomic E-state index is -0.343. The Morgan fingerprint density at radius 3 is 2.30 bits per heavy atom. The lowest BCUT2D eigenvalue weighted by Gasteiger charge is -2.61. The average molecular weight is 431 g/mol. The molecule has 3 rings (SSSR count). The molecule has 1 saturated heterocycles. The van der Waals surface area contributed by atoms with Gasteiger partial charge in [0.2, 0.25) is 0 Å². The van der Waals surface area contributed by atoms with E-state index in [1.165, 1.54) is 0 Å². The maximum atomic E-state index is 10.4. The van der Waals surface area contributed by atoms with Crippen molar-refractivity contribution in [3.8, 4) is 0 Å². The molecule has 0 radical (unpaired) electrons. The molecule has 0 aromatic carbocycles. The van der Waals surface area contributed by atoms with Crippen LogP contribution in [0.4, 0.5) is 0 Å². The molecule has 3 aliphatic rings. The first-order valence-electron chi connectivity index (χ1n) is 7.37. The summed E-state index contributed by atoms with van der Waals surface area (Å²) in [5, 5.41) is 10.5. The molecule has 116 valence electrons. The molecule has 2 saturated carbocycles. The van der Waals surface area contributed by atoms with Gasteiger partial charge >= 0.3 is 0 Å². The maximum absolute atomic E-state index is 10.4. The van der Waals surface area contributed by atoms with Crippen molar-refractivity contribution in [3.05, 3.63) is 0 Å². The fourth-order valence-corrected chi connectivity index (χ4v) is 6.04. The highest BCUT2D eigenvalue weighted by Crippen LogP contribution is 2.70. The van der Waals surface area contributed by atoms with Gasteiger partial charge in [-0.1, -0.05) is 45.7 Å². The smallest absolute Gasteiger partial charge is 0.100 e. The van der Waals surface area contributed by atoms with Gasteiger partial charge in [-0.05, 0) is 31.6 Å². The van der Waals surface area contributed by atoms with Crippen molar-refractivity contribution in [1.29, 1.82) is 0 Å². The van der Waals surface area contributed by atoms with Gasteiger partial charge in [-0.25, -0.2) is 0 Å². The minimum absolute atomic E-state index is 0.00381. The number of aliphatic hydroxyl groups is 1. The Kier molecular flexibility index (Phi) is 3.68. The van der Waals surface area contributed by atoms with Crippen LogP contribution in [-0.2, 0) is 4.74 Å². The monoisotopic (exact) mass is 428 g/mol. The fraction of sp³-hybridized carbons (Fsp3) is 1.00. The molecule has 20 heavy (non-hydrogen) atoms. The van der Waals surface area contributed by atoms with Gasteiger partial charge in [0.25, 0.3) is 0 Å². The van der Waals surface area contributed by atoms with Crippen molar-refractivity contribution in [3.63, 3.8) is 0 Å². The van der Waals surface area contributed by atoms with E-state index in [2.05, 4.69) is 52.6 Å². The van der Waals surface area contributed by atoms with Crippen LogP contribution in [0.1, 0.15) is 46.5 Å². The third-order valence-electron chi connectivity index (χ3n) is 6.39. The molecule has 2 nitrogen and oxygen atoms in total. The van der Waals surface area contributed by atoms with E-state index < -0.39 is 0 Å². The van der Waals surface area contributed by atoms with Gasteiger partial charge in [-0.3, -0.25) is 0 Å². The highest BCUT2D eigenvalue weighted by Gasteiger charge is 2.73. The zero-order chi connectivity index (χ0) is 15.0. The lowest BCUT2D eigenvalue weighted by atomic mass is 9.46. The van der Waals surface area contributed by atoms with Crippen LogP contribution in [0.25, 0.3) is 0 Å². The fourth-order valence-electron chi connectivity index (χ4n) is 4.68. The number of ether oxygens (including phenoxy) is 1. The maximum Gasteiger partial charge on any atom is 0.100 e. The number of halogens is 3. The average Bonchev–Trinajstić information content (AvgIpc) is 3.11. The van der Waals surface area contributed by atoms with E-state index in [9.17, 15) is 5.11 Å². The SMILES string of the molecule is CC1(C)[C@H](Br)[C@H](O)C[C@@]2(CO2)[C@@]12CC[C@](C)(Br)[C@@H](Cl)C2. The summed E-state index contributed by atoms with van der Waals surface area (Å²) in [6, 6.07) is 0. The van der Waals surface area contributed by atoms with Crippen LogP contribution in [0.3, 0.4) is 0 Å². The Balaban J connectivity index is 2.01. The molecule has 2 spiro atoms. The van der Waals surface area contributed by atoms with Crippen LogP contribution in [-0.4, -0.2) is 37.9 Å². The highest BCUT2D eigenvalue weighted by atomic mass is 79.9. The van der Waals surface area contributed by atoms with Crippen molar-refractivity contribution in [2.45, 2.75) is 72.7 Å². The van der Waals surface area contributed by atoms with E-state index in [4.69, 9.17) is 16.3 Å². The van der Waals surface area contributed by atoms with Gasteiger partial charge in [-0.2, -0.15) is 0 Å². The van der Waals surface area contributed by atoms with Gasteiger partial charge in [0, 0.05) is 26.4 Å². The Hall–Kier alpha value is 1.17. The first kappa shape index (κ1) is 16.0. The molecule has 0 unspecified atom stereocenters. The molecule has 0 bridgehead atoms. The molecular formula is C15H23Br2ClO2. The van der Waals surface area contributed by atoms with Gasteiger partial charge in [0.05, 0.1) is 12.7 Å². The molecule has 0 amide bonds. The topological polar surface area (TPSA) is 32.8 Å². The number of rotatable bonds is 0. The lowest BCUT2D eigenvalue weighted by Crippen LogP contribution is -2.65. The highest BCUT2D eigenvalue weighted by molar-refractivity contribution is 9.10. The summed E-state index contributed by atoms with van der Waals surface area (Å²) in [5.41, 5.74) is -0.151. The summed E-state index contributed by atoms with van der Waals surface area (Å²) in [7, 11) is 0. The molecule has 0 aromatic rings. The van der Waals surface area contributed by atoms with Crippen molar-refractivity contribution in [1.82, 2.24) is 0 Å². The molecule has 0 aromatic heterocycles. The molecule has 6 atom stereocenters. The summed E-state index contributed by atoms with van der Waals surface area (Å²) in [6.07, 6.45) is 3.47. The molecular weight excluding hydrogens is 407 g/mol. The molecule has 1 N–H and O–H groups in total. The largest absolute Gasteiger partial charge is 0.392 e. The minimum Gasteiger partial charge on any atom is -0.392 e. The van der Waals surface area contributed by atoms with E-state index in [0.717, 1.165) is 32.3 Å². The number of epoxide rings is 1. The summed E-state index contributed by atoms with van der Waals surface area (Å²) in [4.78, 5) is 0.0911. The first-order valence-corrected chi connectivity index (χ1v) is 9.52. The second-order valence-electron chi connectivity index (χ2n) is 7.71. The summed E-state index contributed by atoms with van der Waals surface area (Å²) in [6.45, 7) is 7.49. The number of hydrogen-bond acceptors (Lipinski definition) is 2. The van der Waals surface area contributed by atoms with Crippen molar-refractivity contribution >= 4 is 43.5 Å². The summed E-state index contributed by atoms with van der Waals surface area (Å²) >= 11 is 14.3. The van der Waals surface area contributed by atoms with E-state index in [1.54, 1.807) is 0 Å². The Morgan fingerprint density at radius 1 is 1.20 bits per heavy atom. The van der Waals surface area contributed by atoms with E-state index in [0.29, 0.717) is 0 Å². The molecule has 2 aliphatic carbocycles. The zero-order valence-corrected chi connectivity index (χ0v) is 16.2. The Labute approximate surface area is 143 Å². The number of aliphatic hydroxyl groups excluding tert-OH is 1. The predicted octanol–water partition coefficient (Wildman–Crippen LogP) is 4.24. The van der Waals surface area contributed by atoms with Crippen LogP contribution in [0.2, 0.25) is 0 Å². The molecule has 1 aliphatic heterocycles. The van der Waals surface area contributed by atoms with Crippen LogP contribution >= 0.6 is 43.5 Å². The number of alkyl halides is 3. The molecule has 5 heteroatoms. The molecule has 1 heterocycles. The van der Waals surface area contributed by atoms with Crippen molar-refractivity contribution in [2.75, 3.05) is 6.61 Å². The van der Waals surface area contributed by atoms with Crippen molar-refractivity contribution in [2.24, 2.45) is 10.8 Å². The summed E-state index contributed by atoms with van der Waals surface area (Å²) < 4.78 is 5.95. The molecule has 3 fully saturated rings. The predicted molar refractivity (Wildman–Crippen MR) is 89.1 cm³/mol. The number of fused-ring (bicyclic) bond motifs is 1. The quantitative estimate of drug-likeness (QED) is 0.461. The van der Waals surface area contributed by atoms with E-state index >= 15 is 0 Å². The Bertz CT molecular complexity index is 422. The second kappa shape index (κ2) is 4.59. The van der Waals surface area contributed by atoms with Gasteiger partial charge in [0.1, 0.15) is 5.60 Å². The first-order chi connectivity index (χ1) is 9.08. The normalized spacial score (nSPS) is 58.0. The van der Waals surface area contributed by atoms with Gasteiger partial charge in [-0.15, -0.1) is 11.6 Å². The van der Waals surface area contributed by atoms with Crippen LogP contribution in [0.15, 0.2) is 0 Å². The second-order valence-corrected chi connectivity index (χ2v) is 11.0. The van der Waals surface area contributed by atoms with Crippen LogP contribution < -0.4 is 0 Å². The number of hydrogen-bond donors (Lipinski definition) is 1. The van der Waals surface area contributed by atoms with Crippen LogP contribution in [0, 0.1) is 10.8 Å². The van der Waals surface area contributed by atoms with Gasteiger partial charge in [0.15, 0.2) is 0 Å². The third kappa shape index (κ3) is 1.94. The van der Waals surface area contributed by atoms with E-state index in [1.807, 2.05) is 0 Å². The Morgan fingerprint density at radius 2 is 1.80 bits per heavy atom. The summed E-state index contributed by atoms with van der Waals surface area (Å²) in [5.74, 6) is 0. The van der Waals surface area contributed by atoms with E-state index in [-0.39, 0.29) is 37.1 Å². The standard InChI is InChI=1S/C15H23Br2ClO2/c1-12(2)11(16)9(19)6-15(8-20-15)14(12)5-4-13(3,17)10(18)7-14/h9-11,19H,4-8H2,1-3H3/t9-,10+,11-,13+,14-,15-/m1/s1.